The summed E-state index contributed by atoms with van der Waals surface area (Å²) in [5, 5.41) is 11.8. The number of benzene rings is 3. The first-order chi connectivity index (χ1) is 18.6. The smallest absolute Gasteiger partial charge is 0.416 e. The number of methoxy groups -OCH3 is 1. The molecule has 0 aliphatic carbocycles. The summed E-state index contributed by atoms with van der Waals surface area (Å²) >= 11 is 0. The lowest BCUT2D eigenvalue weighted by Crippen LogP contribution is -2.47. The van der Waals surface area contributed by atoms with Gasteiger partial charge in [-0.3, -0.25) is 10.1 Å². The van der Waals surface area contributed by atoms with Crippen LogP contribution in [0.4, 0.5) is 35.0 Å². The van der Waals surface area contributed by atoms with Gasteiger partial charge in [-0.1, -0.05) is 42.5 Å². The lowest BCUT2D eigenvalue weighted by Gasteiger charge is -2.40. The van der Waals surface area contributed by atoms with Crippen LogP contribution in [-0.2, 0) is 22.9 Å². The summed E-state index contributed by atoms with van der Waals surface area (Å²) in [7, 11) is 1.36. The Labute approximate surface area is 222 Å². The summed E-state index contributed by atoms with van der Waals surface area (Å²) in [6, 6.07) is 17.4. The van der Waals surface area contributed by atoms with E-state index < -0.39 is 28.2 Å². The van der Waals surface area contributed by atoms with Crippen LogP contribution in [0.25, 0.3) is 0 Å². The molecular weight excluding hydrogens is 515 g/mol. The number of hydrogen-bond acceptors (Lipinski definition) is 6. The van der Waals surface area contributed by atoms with E-state index in [4.69, 9.17) is 9.47 Å². The fraction of sp³-hybridized carbons (Fsp3) is 0.321. The van der Waals surface area contributed by atoms with E-state index in [1.165, 1.54) is 36.3 Å². The third kappa shape index (κ3) is 4.84. The molecular formula is C28H26F3N3O5. The molecule has 0 N–H and O–H groups in total. The third-order valence-corrected chi connectivity index (χ3v) is 7.48. The molecule has 2 heterocycles. The molecule has 0 radical (unpaired) electrons. The van der Waals surface area contributed by atoms with Crippen molar-refractivity contribution in [2.75, 3.05) is 31.6 Å². The molecule has 0 aromatic heterocycles. The number of anilines is 2. The lowest BCUT2D eigenvalue weighted by molar-refractivity contribution is -0.384. The van der Waals surface area contributed by atoms with Crippen LogP contribution in [0, 0.1) is 10.1 Å². The number of ether oxygens (including phenoxy) is 2. The maximum Gasteiger partial charge on any atom is 0.416 e. The second-order valence-electron chi connectivity index (χ2n) is 9.68. The van der Waals surface area contributed by atoms with E-state index in [1.807, 2.05) is 30.3 Å². The van der Waals surface area contributed by atoms with Crippen LogP contribution in [0.1, 0.15) is 29.5 Å². The van der Waals surface area contributed by atoms with Crippen LogP contribution in [0.3, 0.4) is 0 Å². The molecule has 8 nitrogen and oxygen atoms in total. The SMILES string of the molecule is COc1ccc(C(F)(F)F)c2c1N(c1ccccc1[N+](=O)[O-])CC21CCN(C(=O)OCc2ccccc2)CC1. The normalized spacial score (nSPS) is 16.2. The van der Waals surface area contributed by atoms with Crippen molar-refractivity contribution in [3.63, 3.8) is 0 Å². The van der Waals surface area contributed by atoms with Crippen LogP contribution in [0.15, 0.2) is 66.7 Å². The highest BCUT2D eigenvalue weighted by Gasteiger charge is 2.52. The largest absolute Gasteiger partial charge is 0.495 e. The van der Waals surface area contributed by atoms with Crippen molar-refractivity contribution in [2.24, 2.45) is 0 Å². The number of alkyl halides is 3. The summed E-state index contributed by atoms with van der Waals surface area (Å²) < 4.78 is 54.0. The van der Waals surface area contributed by atoms with E-state index in [1.54, 1.807) is 11.0 Å². The van der Waals surface area contributed by atoms with E-state index in [-0.39, 0.29) is 67.5 Å². The Morgan fingerprint density at radius 2 is 1.69 bits per heavy atom. The van der Waals surface area contributed by atoms with Crippen LogP contribution < -0.4 is 9.64 Å². The summed E-state index contributed by atoms with van der Waals surface area (Å²) in [5.74, 6) is 0.192. The van der Waals surface area contributed by atoms with Crippen molar-refractivity contribution < 1.29 is 32.4 Å². The van der Waals surface area contributed by atoms with Gasteiger partial charge in [0.05, 0.1) is 23.3 Å². The van der Waals surface area contributed by atoms with Gasteiger partial charge in [0.2, 0.25) is 0 Å². The fourth-order valence-electron chi connectivity index (χ4n) is 5.63. The molecule has 39 heavy (non-hydrogen) atoms. The zero-order chi connectivity index (χ0) is 27.8. The first kappa shape index (κ1) is 26.3. The first-order valence-electron chi connectivity index (χ1n) is 12.4. The number of amides is 1. The lowest BCUT2D eigenvalue weighted by atomic mass is 9.72. The van der Waals surface area contributed by atoms with E-state index in [9.17, 15) is 28.1 Å². The number of para-hydroxylation sites is 2. The number of nitro benzene ring substituents is 1. The summed E-state index contributed by atoms with van der Waals surface area (Å²) in [5.41, 5.74) is -0.823. The first-order valence-corrected chi connectivity index (χ1v) is 12.4. The highest BCUT2D eigenvalue weighted by Crippen LogP contribution is 2.57. The van der Waals surface area contributed by atoms with Gasteiger partial charge in [-0.05, 0) is 42.2 Å². The maximum atomic E-state index is 14.4. The number of hydrogen-bond donors (Lipinski definition) is 0. The summed E-state index contributed by atoms with van der Waals surface area (Å²) in [6.07, 6.45) is -4.76. The molecule has 0 atom stereocenters. The zero-order valence-corrected chi connectivity index (χ0v) is 21.1. The predicted molar refractivity (Wildman–Crippen MR) is 137 cm³/mol. The average Bonchev–Trinajstić information content (AvgIpc) is 3.26. The van der Waals surface area contributed by atoms with Crippen molar-refractivity contribution in [3.05, 3.63) is 93.5 Å². The molecule has 1 spiro atoms. The molecule has 1 amide bonds. The van der Waals surface area contributed by atoms with E-state index in [2.05, 4.69) is 0 Å². The molecule has 204 valence electrons. The molecule has 0 unspecified atom stereocenters. The number of nitrogens with zero attached hydrogens (tertiary/aromatic N) is 3. The van der Waals surface area contributed by atoms with Gasteiger partial charge in [-0.25, -0.2) is 4.79 Å². The van der Waals surface area contributed by atoms with Crippen molar-refractivity contribution >= 4 is 23.2 Å². The Morgan fingerprint density at radius 1 is 1.03 bits per heavy atom. The number of nitro groups is 1. The Bertz CT molecular complexity index is 1390. The Kier molecular flexibility index (Phi) is 6.83. The number of halogens is 3. The van der Waals surface area contributed by atoms with Gasteiger partial charge in [-0.15, -0.1) is 0 Å². The van der Waals surface area contributed by atoms with Crippen LogP contribution in [0.5, 0.6) is 5.75 Å². The second kappa shape index (κ2) is 10.1. The number of carbonyl (C=O) groups is 1. The van der Waals surface area contributed by atoms with Crippen molar-refractivity contribution in [3.8, 4) is 5.75 Å². The highest BCUT2D eigenvalue weighted by atomic mass is 19.4. The number of likely N-dealkylation sites (tertiary alicyclic amines) is 1. The highest BCUT2D eigenvalue weighted by molar-refractivity contribution is 5.83. The van der Waals surface area contributed by atoms with Gasteiger partial charge in [-0.2, -0.15) is 13.2 Å². The molecule has 3 aromatic rings. The van der Waals surface area contributed by atoms with Crippen LogP contribution in [-0.4, -0.2) is 42.7 Å². The topological polar surface area (TPSA) is 85.2 Å². The number of piperidine rings is 1. The zero-order valence-electron chi connectivity index (χ0n) is 21.1. The third-order valence-electron chi connectivity index (χ3n) is 7.48. The van der Waals surface area contributed by atoms with Gasteiger partial charge in [0.25, 0.3) is 5.69 Å². The van der Waals surface area contributed by atoms with Crippen molar-refractivity contribution in [1.29, 1.82) is 0 Å². The standard InChI is InChI=1S/C28H26F3N3O5/c1-38-23-12-11-20(28(29,30)31)24-25(23)33(21-9-5-6-10-22(21)34(36)37)18-27(24)13-15-32(16-14-27)26(35)39-17-19-7-3-2-4-8-19/h2-12H,13-18H2,1H3. The Hall–Kier alpha value is -4.28. The van der Waals surface area contributed by atoms with Gasteiger partial charge in [0.15, 0.2) is 0 Å². The summed E-state index contributed by atoms with van der Waals surface area (Å²) in [6.45, 7) is 0.507. The van der Waals surface area contributed by atoms with Gasteiger partial charge in [0, 0.05) is 31.1 Å². The molecule has 2 aliphatic rings. The van der Waals surface area contributed by atoms with Gasteiger partial charge in [0.1, 0.15) is 18.0 Å². The minimum Gasteiger partial charge on any atom is -0.495 e. The molecule has 1 saturated heterocycles. The van der Waals surface area contributed by atoms with E-state index in [0.29, 0.717) is 0 Å². The van der Waals surface area contributed by atoms with Gasteiger partial charge < -0.3 is 19.3 Å². The van der Waals surface area contributed by atoms with Crippen LogP contribution in [0.2, 0.25) is 0 Å². The number of carbonyl (C=O) groups excluding carboxylic acids is 1. The molecule has 0 saturated carbocycles. The summed E-state index contributed by atoms with van der Waals surface area (Å²) in [4.78, 5) is 27.1. The van der Waals surface area contributed by atoms with E-state index in [0.717, 1.165) is 11.6 Å². The predicted octanol–water partition coefficient (Wildman–Crippen LogP) is 6.44. The fourth-order valence-corrected chi connectivity index (χ4v) is 5.63. The molecule has 11 heteroatoms. The maximum absolute atomic E-state index is 14.4. The average molecular weight is 542 g/mol. The molecule has 3 aromatic carbocycles. The van der Waals surface area contributed by atoms with Crippen molar-refractivity contribution in [2.45, 2.75) is 31.0 Å². The minimum atomic E-state index is -4.66. The quantitative estimate of drug-likeness (QED) is 0.273. The number of rotatable bonds is 5. The van der Waals surface area contributed by atoms with E-state index >= 15 is 0 Å². The second-order valence-corrected chi connectivity index (χ2v) is 9.68. The molecule has 2 aliphatic heterocycles. The Balaban J connectivity index is 1.50. The van der Waals surface area contributed by atoms with Crippen molar-refractivity contribution in [1.82, 2.24) is 4.90 Å². The molecule has 1 fully saturated rings. The number of fused-ring (bicyclic) bond motifs is 2. The molecule has 0 bridgehead atoms. The van der Waals surface area contributed by atoms with Crippen LogP contribution >= 0.6 is 0 Å². The monoisotopic (exact) mass is 541 g/mol. The Morgan fingerprint density at radius 3 is 2.33 bits per heavy atom. The molecule has 5 rings (SSSR count). The van der Waals surface area contributed by atoms with Gasteiger partial charge >= 0.3 is 12.3 Å². The minimum absolute atomic E-state index is 0.0461.